The van der Waals surface area contributed by atoms with Gasteiger partial charge in [0.05, 0.1) is 12.1 Å². The molecule has 8 heteroatoms. The van der Waals surface area contributed by atoms with Gasteiger partial charge in [0.25, 0.3) is 5.91 Å². The van der Waals surface area contributed by atoms with Crippen molar-refractivity contribution in [3.8, 4) is 0 Å². The molecule has 2 atom stereocenters. The van der Waals surface area contributed by atoms with Crippen molar-refractivity contribution in [1.82, 2.24) is 15.2 Å². The fourth-order valence-electron chi connectivity index (χ4n) is 3.61. The van der Waals surface area contributed by atoms with Gasteiger partial charge in [-0.05, 0) is 49.6 Å². The summed E-state index contributed by atoms with van der Waals surface area (Å²) in [5.41, 5.74) is 4.14. The van der Waals surface area contributed by atoms with Crippen molar-refractivity contribution in [3.63, 3.8) is 0 Å². The first-order valence-electron chi connectivity index (χ1n) is 9.09. The number of carbonyl (C=O) groups is 2. The summed E-state index contributed by atoms with van der Waals surface area (Å²) in [4.78, 5) is 28.9. The number of hydrogen-bond acceptors (Lipinski definition) is 4. The van der Waals surface area contributed by atoms with Crippen LogP contribution in [0.2, 0.25) is 0 Å². The highest BCUT2D eigenvalue weighted by Crippen LogP contribution is 2.38. The zero-order chi connectivity index (χ0) is 20.6. The maximum Gasteiger partial charge on any atom is 0.253 e. The number of aromatic nitrogens is 1. The van der Waals surface area contributed by atoms with Crippen LogP contribution in [0.3, 0.4) is 0 Å². The van der Waals surface area contributed by atoms with E-state index in [9.17, 15) is 19.1 Å². The molecule has 1 aliphatic heterocycles. The number of likely N-dealkylation sites (N-methyl/N-ethyl adjacent to an activating group) is 1. The summed E-state index contributed by atoms with van der Waals surface area (Å²) in [5.74, 6) is -1.22. The van der Waals surface area contributed by atoms with E-state index in [0.717, 1.165) is 11.3 Å². The second kappa shape index (κ2) is 7.63. The second-order valence-corrected chi connectivity index (χ2v) is 7.33. The number of nitrogens with zero attached hydrogens (tertiary/aromatic N) is 1. The summed E-state index contributed by atoms with van der Waals surface area (Å²) in [6, 6.07) is 4.39. The number of aliphatic hydroxyl groups excluding tert-OH is 1. The summed E-state index contributed by atoms with van der Waals surface area (Å²) in [6.07, 6.45) is -0.420. The van der Waals surface area contributed by atoms with Gasteiger partial charge in [0, 0.05) is 37.1 Å². The molecule has 0 aliphatic carbocycles. The molecule has 0 fully saturated rings. The molecule has 1 aliphatic rings. The third-order valence-electron chi connectivity index (χ3n) is 5.19. The number of halogens is 1. The molecule has 0 saturated carbocycles. The lowest BCUT2D eigenvalue weighted by Crippen LogP contribution is -2.36. The largest absolute Gasteiger partial charge is 0.373 e. The topological polar surface area (TPSA) is 97.5 Å². The number of hydrogen-bond donors (Lipinski definition) is 4. The summed E-state index contributed by atoms with van der Waals surface area (Å²) < 4.78 is 13.7. The van der Waals surface area contributed by atoms with E-state index in [1.807, 2.05) is 6.92 Å². The Kier molecular flexibility index (Phi) is 5.42. The predicted molar refractivity (Wildman–Crippen MR) is 104 cm³/mol. The van der Waals surface area contributed by atoms with Crippen LogP contribution in [-0.4, -0.2) is 53.7 Å². The molecule has 1 aromatic heterocycles. The van der Waals surface area contributed by atoms with Crippen LogP contribution in [0.1, 0.15) is 38.8 Å². The molecular weight excluding hydrogens is 363 g/mol. The molecule has 2 amide bonds. The van der Waals surface area contributed by atoms with Crippen LogP contribution in [0.5, 0.6) is 0 Å². The number of amides is 2. The molecule has 0 saturated heterocycles. The predicted octanol–water partition coefficient (Wildman–Crippen LogP) is 1.66. The zero-order valence-electron chi connectivity index (χ0n) is 16.4. The van der Waals surface area contributed by atoms with Crippen LogP contribution in [-0.2, 0) is 11.2 Å². The highest BCUT2D eigenvalue weighted by Gasteiger charge is 2.32. The SMILES string of the molecule is Cc1[nH]c(CC2c3cc(F)ccc3NC2O)c(C)c1C(=O)NCC(=O)N(C)C. The number of aliphatic hydroxyl groups is 1. The minimum Gasteiger partial charge on any atom is -0.373 e. The first-order chi connectivity index (χ1) is 13.2. The van der Waals surface area contributed by atoms with Gasteiger partial charge in [-0.25, -0.2) is 4.39 Å². The molecule has 2 unspecified atom stereocenters. The number of H-pyrrole nitrogens is 1. The molecule has 3 rings (SSSR count). The van der Waals surface area contributed by atoms with Gasteiger partial charge in [0.2, 0.25) is 5.91 Å². The summed E-state index contributed by atoms with van der Waals surface area (Å²) in [6.45, 7) is 3.53. The van der Waals surface area contributed by atoms with Crippen LogP contribution in [0.15, 0.2) is 18.2 Å². The number of fused-ring (bicyclic) bond motifs is 1. The van der Waals surface area contributed by atoms with Crippen molar-refractivity contribution in [2.45, 2.75) is 32.4 Å². The molecule has 0 radical (unpaired) electrons. The van der Waals surface area contributed by atoms with E-state index in [4.69, 9.17) is 0 Å². The lowest BCUT2D eigenvalue weighted by atomic mass is 9.93. The summed E-state index contributed by atoms with van der Waals surface area (Å²) >= 11 is 0. The Labute approximate surface area is 162 Å². The van der Waals surface area contributed by atoms with Gasteiger partial charge in [-0.15, -0.1) is 0 Å². The average Bonchev–Trinajstić information content (AvgIpc) is 3.08. The highest BCUT2D eigenvalue weighted by atomic mass is 19.1. The van der Waals surface area contributed by atoms with Crippen LogP contribution < -0.4 is 10.6 Å². The van der Waals surface area contributed by atoms with Gasteiger partial charge in [-0.3, -0.25) is 9.59 Å². The number of anilines is 1. The Morgan fingerprint density at radius 3 is 2.68 bits per heavy atom. The van der Waals surface area contributed by atoms with Crippen molar-refractivity contribution in [2.75, 3.05) is 26.0 Å². The molecular formula is C20H25FN4O3. The van der Waals surface area contributed by atoms with Gasteiger partial charge in [0.1, 0.15) is 12.0 Å². The number of aryl methyl sites for hydroxylation is 1. The van der Waals surface area contributed by atoms with Crippen molar-refractivity contribution in [1.29, 1.82) is 0 Å². The molecule has 0 spiro atoms. The fourth-order valence-corrected chi connectivity index (χ4v) is 3.61. The van der Waals surface area contributed by atoms with Crippen molar-refractivity contribution in [2.24, 2.45) is 0 Å². The number of carbonyl (C=O) groups excluding carboxylic acids is 2. The Morgan fingerprint density at radius 1 is 1.29 bits per heavy atom. The Morgan fingerprint density at radius 2 is 2.00 bits per heavy atom. The highest BCUT2D eigenvalue weighted by molar-refractivity contribution is 5.99. The summed E-state index contributed by atoms with van der Waals surface area (Å²) in [7, 11) is 3.25. The van der Waals surface area contributed by atoms with Gasteiger partial charge in [-0.1, -0.05) is 0 Å². The molecule has 7 nitrogen and oxygen atoms in total. The van der Waals surface area contributed by atoms with Gasteiger partial charge in [-0.2, -0.15) is 0 Å². The summed E-state index contributed by atoms with van der Waals surface area (Å²) in [5, 5.41) is 16.0. The molecule has 2 heterocycles. The molecule has 28 heavy (non-hydrogen) atoms. The number of benzene rings is 1. The van der Waals surface area contributed by atoms with E-state index < -0.39 is 6.23 Å². The molecule has 2 aromatic rings. The average molecular weight is 388 g/mol. The van der Waals surface area contributed by atoms with Gasteiger partial charge in [0.15, 0.2) is 0 Å². The minimum atomic E-state index is -0.838. The van der Waals surface area contributed by atoms with Crippen LogP contribution in [0.25, 0.3) is 0 Å². The lowest BCUT2D eigenvalue weighted by molar-refractivity contribution is -0.127. The zero-order valence-corrected chi connectivity index (χ0v) is 16.4. The smallest absolute Gasteiger partial charge is 0.253 e. The van der Waals surface area contributed by atoms with E-state index in [1.54, 1.807) is 27.1 Å². The Bertz CT molecular complexity index is 922. The minimum absolute atomic E-state index is 0.0802. The van der Waals surface area contributed by atoms with Crippen LogP contribution in [0, 0.1) is 19.7 Å². The molecule has 4 N–H and O–H groups in total. The standard InChI is InChI=1S/C20H25FN4O3/c1-10-16(8-14-13-7-12(21)5-6-15(13)24-19(14)27)23-11(2)18(10)20(28)22-9-17(26)25(3)4/h5-7,14,19,23-24,27H,8-9H2,1-4H3,(H,22,28). The second-order valence-electron chi connectivity index (χ2n) is 7.33. The third kappa shape index (κ3) is 3.73. The number of nitrogens with one attached hydrogen (secondary N) is 3. The van der Waals surface area contributed by atoms with E-state index in [0.29, 0.717) is 28.9 Å². The van der Waals surface area contributed by atoms with E-state index in [-0.39, 0.29) is 30.1 Å². The monoisotopic (exact) mass is 388 g/mol. The maximum atomic E-state index is 13.7. The molecule has 1 aromatic carbocycles. The lowest BCUT2D eigenvalue weighted by Gasteiger charge is -2.15. The van der Waals surface area contributed by atoms with Crippen molar-refractivity contribution >= 4 is 17.5 Å². The maximum absolute atomic E-state index is 13.7. The Hall–Kier alpha value is -2.87. The normalized spacial score (nSPS) is 17.8. The number of rotatable bonds is 5. The molecule has 150 valence electrons. The van der Waals surface area contributed by atoms with Gasteiger partial charge >= 0.3 is 0 Å². The van der Waals surface area contributed by atoms with E-state index in [2.05, 4.69) is 15.6 Å². The van der Waals surface area contributed by atoms with Crippen molar-refractivity contribution in [3.05, 3.63) is 52.1 Å². The van der Waals surface area contributed by atoms with Crippen LogP contribution in [0.4, 0.5) is 10.1 Å². The van der Waals surface area contributed by atoms with Gasteiger partial charge < -0.3 is 25.6 Å². The first-order valence-corrected chi connectivity index (χ1v) is 9.09. The van der Waals surface area contributed by atoms with Crippen LogP contribution >= 0.6 is 0 Å². The van der Waals surface area contributed by atoms with Crippen molar-refractivity contribution < 1.29 is 19.1 Å². The van der Waals surface area contributed by atoms with E-state index >= 15 is 0 Å². The first kappa shape index (κ1) is 19.9. The quantitative estimate of drug-likeness (QED) is 0.626. The fraction of sp³-hybridized carbons (Fsp3) is 0.400. The number of aromatic amines is 1. The molecule has 0 bridgehead atoms. The van der Waals surface area contributed by atoms with E-state index in [1.165, 1.54) is 17.0 Å². The Balaban J connectivity index is 1.80. The third-order valence-corrected chi connectivity index (χ3v) is 5.19.